The van der Waals surface area contributed by atoms with Crippen LogP contribution in [0, 0.1) is 5.82 Å². The predicted octanol–water partition coefficient (Wildman–Crippen LogP) is 3.70. The Balaban J connectivity index is 2.04. The Hall–Kier alpha value is -1.67. The number of rotatable bonds is 2. The van der Waals surface area contributed by atoms with E-state index in [-0.39, 0.29) is 5.82 Å². The van der Waals surface area contributed by atoms with E-state index in [2.05, 4.69) is 17.4 Å². The Bertz CT molecular complexity index is 577. The quantitative estimate of drug-likeness (QED) is 0.845. The number of fused-ring (bicyclic) bond motifs is 1. The van der Waals surface area contributed by atoms with E-state index in [9.17, 15) is 4.39 Å². The minimum absolute atomic E-state index is 0.152. The van der Waals surface area contributed by atoms with Gasteiger partial charge < -0.3 is 5.32 Å². The molecule has 0 bridgehead atoms. The van der Waals surface area contributed by atoms with Crippen LogP contribution in [0.5, 0.6) is 0 Å². The zero-order valence-electron chi connectivity index (χ0n) is 10.4. The van der Waals surface area contributed by atoms with Crippen LogP contribution in [0.1, 0.15) is 23.6 Å². The molecular formula is C16H16FN. The number of halogens is 1. The van der Waals surface area contributed by atoms with Crippen LogP contribution in [0.3, 0.4) is 0 Å². The molecule has 0 amide bonds. The molecule has 0 aliphatic heterocycles. The molecule has 0 fully saturated rings. The summed E-state index contributed by atoms with van der Waals surface area (Å²) in [7, 11) is 1.99. The van der Waals surface area contributed by atoms with Crippen LogP contribution < -0.4 is 5.32 Å². The molecule has 0 heterocycles. The van der Waals surface area contributed by atoms with Crippen LogP contribution in [-0.4, -0.2) is 7.05 Å². The molecule has 2 aromatic carbocycles. The van der Waals surface area contributed by atoms with E-state index in [1.807, 2.05) is 25.2 Å². The maximum Gasteiger partial charge on any atom is 0.131 e. The van der Waals surface area contributed by atoms with Gasteiger partial charge in [-0.15, -0.1) is 0 Å². The number of aryl methyl sites for hydroxylation is 1. The van der Waals surface area contributed by atoms with Gasteiger partial charge in [-0.25, -0.2) is 4.39 Å². The minimum atomic E-state index is -0.152. The van der Waals surface area contributed by atoms with Gasteiger partial charge in [0.05, 0.1) is 0 Å². The third kappa shape index (κ3) is 1.83. The van der Waals surface area contributed by atoms with Crippen LogP contribution >= 0.6 is 0 Å². The summed E-state index contributed by atoms with van der Waals surface area (Å²) >= 11 is 0. The maximum atomic E-state index is 13.8. The SMILES string of the molecule is CNC1CCc2cc(-c3ccccc3F)ccc21. The van der Waals surface area contributed by atoms with Crippen LogP contribution in [0.2, 0.25) is 0 Å². The first-order valence-electron chi connectivity index (χ1n) is 6.34. The van der Waals surface area contributed by atoms with Crippen LogP contribution in [0.25, 0.3) is 11.1 Å². The highest BCUT2D eigenvalue weighted by Crippen LogP contribution is 2.34. The molecule has 1 N–H and O–H groups in total. The van der Waals surface area contributed by atoms with Crippen molar-refractivity contribution in [2.75, 3.05) is 7.05 Å². The van der Waals surface area contributed by atoms with Crippen molar-refractivity contribution < 1.29 is 4.39 Å². The van der Waals surface area contributed by atoms with E-state index < -0.39 is 0 Å². The highest BCUT2D eigenvalue weighted by atomic mass is 19.1. The Labute approximate surface area is 107 Å². The van der Waals surface area contributed by atoms with Crippen molar-refractivity contribution in [3.8, 4) is 11.1 Å². The van der Waals surface area contributed by atoms with Crippen molar-refractivity contribution in [1.82, 2.24) is 5.32 Å². The average Bonchev–Trinajstić information content (AvgIpc) is 2.81. The summed E-state index contributed by atoms with van der Waals surface area (Å²) in [5.74, 6) is -0.152. The fourth-order valence-corrected chi connectivity index (χ4v) is 2.78. The maximum absolute atomic E-state index is 13.8. The summed E-state index contributed by atoms with van der Waals surface area (Å²) in [5.41, 5.74) is 4.37. The fraction of sp³-hybridized carbons (Fsp3) is 0.250. The smallest absolute Gasteiger partial charge is 0.131 e. The second-order valence-corrected chi connectivity index (χ2v) is 4.77. The molecule has 0 spiro atoms. The lowest BCUT2D eigenvalue weighted by Crippen LogP contribution is -2.12. The van der Waals surface area contributed by atoms with E-state index in [1.54, 1.807) is 6.07 Å². The molecule has 1 atom stereocenters. The fourth-order valence-electron chi connectivity index (χ4n) is 2.78. The molecule has 0 saturated heterocycles. The third-order valence-corrected chi connectivity index (χ3v) is 3.75. The summed E-state index contributed by atoms with van der Waals surface area (Å²) in [6.45, 7) is 0. The molecule has 1 aliphatic rings. The van der Waals surface area contributed by atoms with Gasteiger partial charge in [-0.3, -0.25) is 0 Å². The molecule has 2 heteroatoms. The molecule has 0 aromatic heterocycles. The van der Waals surface area contributed by atoms with Crippen molar-refractivity contribution in [3.63, 3.8) is 0 Å². The van der Waals surface area contributed by atoms with Gasteiger partial charge in [0.15, 0.2) is 0 Å². The van der Waals surface area contributed by atoms with Gasteiger partial charge in [0, 0.05) is 11.6 Å². The van der Waals surface area contributed by atoms with Crippen LogP contribution in [0.15, 0.2) is 42.5 Å². The molecule has 0 radical (unpaired) electrons. The first kappa shape index (κ1) is 11.4. The monoisotopic (exact) mass is 241 g/mol. The van der Waals surface area contributed by atoms with Gasteiger partial charge >= 0.3 is 0 Å². The van der Waals surface area contributed by atoms with E-state index in [0.29, 0.717) is 11.6 Å². The highest BCUT2D eigenvalue weighted by Gasteiger charge is 2.21. The van der Waals surface area contributed by atoms with Crippen LogP contribution in [0.4, 0.5) is 4.39 Å². The first-order valence-corrected chi connectivity index (χ1v) is 6.34. The molecule has 3 rings (SSSR count). The molecule has 1 unspecified atom stereocenters. The molecule has 1 aliphatic carbocycles. The van der Waals surface area contributed by atoms with Gasteiger partial charge in [0.2, 0.25) is 0 Å². The van der Waals surface area contributed by atoms with Gasteiger partial charge in [0.25, 0.3) is 0 Å². The van der Waals surface area contributed by atoms with E-state index in [4.69, 9.17) is 0 Å². The van der Waals surface area contributed by atoms with Crippen molar-refractivity contribution in [1.29, 1.82) is 0 Å². The predicted molar refractivity (Wildman–Crippen MR) is 72.0 cm³/mol. The largest absolute Gasteiger partial charge is 0.313 e. The lowest BCUT2D eigenvalue weighted by molar-refractivity contribution is 0.590. The Morgan fingerprint density at radius 3 is 2.78 bits per heavy atom. The van der Waals surface area contributed by atoms with Crippen molar-refractivity contribution in [2.45, 2.75) is 18.9 Å². The van der Waals surface area contributed by atoms with E-state index >= 15 is 0 Å². The van der Waals surface area contributed by atoms with Gasteiger partial charge in [-0.1, -0.05) is 36.4 Å². The van der Waals surface area contributed by atoms with Crippen molar-refractivity contribution in [3.05, 3.63) is 59.4 Å². The van der Waals surface area contributed by atoms with Gasteiger partial charge in [-0.05, 0) is 42.6 Å². The Kier molecular flexibility index (Phi) is 2.88. The summed E-state index contributed by atoms with van der Waals surface area (Å²) in [6.07, 6.45) is 2.20. The second kappa shape index (κ2) is 4.54. The average molecular weight is 241 g/mol. The number of hydrogen-bond acceptors (Lipinski definition) is 1. The highest BCUT2D eigenvalue weighted by molar-refractivity contribution is 5.66. The zero-order chi connectivity index (χ0) is 12.5. The summed E-state index contributed by atoms with van der Waals surface area (Å²) in [5, 5.41) is 3.32. The standard InChI is InChI=1S/C16H16FN/c1-18-16-9-7-12-10-11(6-8-14(12)16)13-4-2-3-5-15(13)17/h2-6,8,10,16,18H,7,9H2,1H3. The normalized spacial score (nSPS) is 17.8. The van der Waals surface area contributed by atoms with E-state index in [0.717, 1.165) is 18.4 Å². The summed E-state index contributed by atoms with van der Waals surface area (Å²) < 4.78 is 13.8. The van der Waals surface area contributed by atoms with Gasteiger partial charge in [0.1, 0.15) is 5.82 Å². The Morgan fingerprint density at radius 1 is 1.17 bits per heavy atom. The molecule has 1 nitrogen and oxygen atoms in total. The zero-order valence-corrected chi connectivity index (χ0v) is 10.4. The summed E-state index contributed by atoms with van der Waals surface area (Å²) in [6, 6.07) is 13.7. The number of hydrogen-bond donors (Lipinski definition) is 1. The second-order valence-electron chi connectivity index (χ2n) is 4.77. The third-order valence-electron chi connectivity index (χ3n) is 3.75. The molecular weight excluding hydrogens is 225 g/mol. The lowest BCUT2D eigenvalue weighted by atomic mass is 9.99. The topological polar surface area (TPSA) is 12.0 Å². The van der Waals surface area contributed by atoms with Crippen LogP contribution in [-0.2, 0) is 6.42 Å². The van der Waals surface area contributed by atoms with Crippen molar-refractivity contribution in [2.24, 2.45) is 0 Å². The van der Waals surface area contributed by atoms with E-state index in [1.165, 1.54) is 17.2 Å². The molecule has 2 aromatic rings. The number of benzene rings is 2. The minimum Gasteiger partial charge on any atom is -0.313 e. The molecule has 18 heavy (non-hydrogen) atoms. The number of nitrogens with one attached hydrogen (secondary N) is 1. The van der Waals surface area contributed by atoms with Crippen molar-refractivity contribution >= 4 is 0 Å². The van der Waals surface area contributed by atoms with Gasteiger partial charge in [-0.2, -0.15) is 0 Å². The summed E-state index contributed by atoms with van der Waals surface area (Å²) in [4.78, 5) is 0. The molecule has 92 valence electrons. The first-order chi connectivity index (χ1) is 8.79. The molecule has 0 saturated carbocycles. The lowest BCUT2D eigenvalue weighted by Gasteiger charge is -2.11. The Morgan fingerprint density at radius 2 is 2.00 bits per heavy atom.